The highest BCUT2D eigenvalue weighted by Crippen LogP contribution is 2.26. The summed E-state index contributed by atoms with van der Waals surface area (Å²) in [6, 6.07) is 0.311. The predicted molar refractivity (Wildman–Crippen MR) is 71.8 cm³/mol. The molecule has 0 aliphatic carbocycles. The number of piperidine rings is 1. The van der Waals surface area contributed by atoms with Gasteiger partial charge in [-0.2, -0.15) is 0 Å². The molecule has 3 heteroatoms. The summed E-state index contributed by atoms with van der Waals surface area (Å²) < 4.78 is 0. The standard InChI is InChI=1S/C14H28N2O/c1-6-11-7-8-15-9-12(11)16-13(17)10(2)14(3,4)5/h10-12,15H,6-9H2,1-5H3,(H,16,17). The maximum absolute atomic E-state index is 12.2. The van der Waals surface area contributed by atoms with Gasteiger partial charge in [0.1, 0.15) is 0 Å². The summed E-state index contributed by atoms with van der Waals surface area (Å²) in [5.74, 6) is 0.888. The van der Waals surface area contributed by atoms with Crippen LogP contribution in [0, 0.1) is 17.3 Å². The third-order valence-corrected chi connectivity index (χ3v) is 4.17. The van der Waals surface area contributed by atoms with Crippen LogP contribution in [0.4, 0.5) is 0 Å². The Morgan fingerprint density at radius 1 is 1.47 bits per heavy atom. The summed E-state index contributed by atoms with van der Waals surface area (Å²) in [5, 5.41) is 6.59. The van der Waals surface area contributed by atoms with E-state index < -0.39 is 0 Å². The summed E-state index contributed by atoms with van der Waals surface area (Å²) in [7, 11) is 0. The molecule has 0 radical (unpaired) electrons. The van der Waals surface area contributed by atoms with Gasteiger partial charge in [-0.25, -0.2) is 0 Å². The summed E-state index contributed by atoms with van der Waals surface area (Å²) >= 11 is 0. The van der Waals surface area contributed by atoms with Crippen molar-refractivity contribution >= 4 is 5.91 Å². The zero-order valence-corrected chi connectivity index (χ0v) is 12.0. The Morgan fingerprint density at radius 2 is 2.12 bits per heavy atom. The van der Waals surface area contributed by atoms with Gasteiger partial charge in [0.05, 0.1) is 0 Å². The number of rotatable bonds is 3. The minimum absolute atomic E-state index is 0.0356. The summed E-state index contributed by atoms with van der Waals surface area (Å²) in [4.78, 5) is 12.2. The van der Waals surface area contributed by atoms with Crippen LogP contribution in [0.1, 0.15) is 47.5 Å². The van der Waals surface area contributed by atoms with Gasteiger partial charge in [-0.1, -0.05) is 41.0 Å². The van der Waals surface area contributed by atoms with Crippen molar-refractivity contribution in [2.75, 3.05) is 13.1 Å². The third kappa shape index (κ3) is 3.98. The second kappa shape index (κ2) is 5.85. The molecule has 0 aromatic rings. The van der Waals surface area contributed by atoms with Crippen LogP contribution in [0.3, 0.4) is 0 Å². The Kier molecular flexibility index (Phi) is 4.99. The first-order valence-corrected chi connectivity index (χ1v) is 6.87. The fourth-order valence-electron chi connectivity index (χ4n) is 2.27. The average molecular weight is 240 g/mol. The molecule has 3 nitrogen and oxygen atoms in total. The normalized spacial score (nSPS) is 27.6. The minimum atomic E-state index is 0.0356. The van der Waals surface area contributed by atoms with E-state index in [9.17, 15) is 4.79 Å². The molecule has 3 unspecified atom stereocenters. The van der Waals surface area contributed by atoms with Crippen molar-refractivity contribution in [1.29, 1.82) is 0 Å². The highest BCUT2D eigenvalue weighted by molar-refractivity contribution is 5.79. The lowest BCUT2D eigenvalue weighted by Gasteiger charge is -2.34. The highest BCUT2D eigenvalue weighted by atomic mass is 16.2. The van der Waals surface area contributed by atoms with Crippen molar-refractivity contribution in [2.24, 2.45) is 17.3 Å². The van der Waals surface area contributed by atoms with Crippen LogP contribution in [0.5, 0.6) is 0 Å². The molecule has 0 spiro atoms. The Hall–Kier alpha value is -0.570. The number of amides is 1. The first-order valence-electron chi connectivity index (χ1n) is 6.87. The lowest BCUT2D eigenvalue weighted by molar-refractivity contribution is -0.128. The van der Waals surface area contributed by atoms with E-state index in [1.807, 2.05) is 6.92 Å². The van der Waals surface area contributed by atoms with Gasteiger partial charge in [-0.3, -0.25) is 4.79 Å². The number of carbonyl (C=O) groups is 1. The van der Waals surface area contributed by atoms with Crippen molar-refractivity contribution < 1.29 is 4.79 Å². The van der Waals surface area contributed by atoms with E-state index in [-0.39, 0.29) is 17.2 Å². The van der Waals surface area contributed by atoms with Crippen molar-refractivity contribution in [3.63, 3.8) is 0 Å². The molecule has 1 amide bonds. The van der Waals surface area contributed by atoms with E-state index in [4.69, 9.17) is 0 Å². The molecule has 0 bridgehead atoms. The molecule has 1 aliphatic heterocycles. The lowest BCUT2D eigenvalue weighted by atomic mass is 9.81. The summed E-state index contributed by atoms with van der Waals surface area (Å²) in [6.45, 7) is 12.6. The number of nitrogens with one attached hydrogen (secondary N) is 2. The van der Waals surface area contributed by atoms with E-state index in [1.54, 1.807) is 0 Å². The van der Waals surface area contributed by atoms with Crippen LogP contribution in [-0.2, 0) is 4.79 Å². The first kappa shape index (κ1) is 14.5. The Bertz CT molecular complexity index is 257. The molecule has 1 fully saturated rings. The van der Waals surface area contributed by atoms with Crippen LogP contribution in [-0.4, -0.2) is 25.0 Å². The zero-order chi connectivity index (χ0) is 13.1. The molecule has 17 heavy (non-hydrogen) atoms. The van der Waals surface area contributed by atoms with Crippen LogP contribution in [0.2, 0.25) is 0 Å². The van der Waals surface area contributed by atoms with E-state index in [0.717, 1.165) is 19.5 Å². The fraction of sp³-hybridized carbons (Fsp3) is 0.929. The number of hydrogen-bond donors (Lipinski definition) is 2. The molecule has 1 rings (SSSR count). The number of hydrogen-bond acceptors (Lipinski definition) is 2. The van der Waals surface area contributed by atoms with Gasteiger partial charge in [-0.05, 0) is 24.3 Å². The van der Waals surface area contributed by atoms with E-state index in [2.05, 4.69) is 38.3 Å². The number of carbonyl (C=O) groups excluding carboxylic acids is 1. The van der Waals surface area contributed by atoms with Gasteiger partial charge in [0.2, 0.25) is 5.91 Å². The average Bonchev–Trinajstić information content (AvgIpc) is 2.27. The van der Waals surface area contributed by atoms with Crippen LogP contribution in [0.25, 0.3) is 0 Å². The second-order valence-corrected chi connectivity index (χ2v) is 6.36. The molecule has 1 saturated heterocycles. The van der Waals surface area contributed by atoms with E-state index in [1.165, 1.54) is 6.42 Å². The molecular weight excluding hydrogens is 212 g/mol. The highest BCUT2D eigenvalue weighted by Gasteiger charge is 2.31. The molecule has 0 aromatic heterocycles. The van der Waals surface area contributed by atoms with Crippen LogP contribution in [0.15, 0.2) is 0 Å². The van der Waals surface area contributed by atoms with Gasteiger partial charge in [-0.15, -0.1) is 0 Å². The quantitative estimate of drug-likeness (QED) is 0.794. The fourth-order valence-corrected chi connectivity index (χ4v) is 2.27. The first-order chi connectivity index (χ1) is 7.86. The monoisotopic (exact) mass is 240 g/mol. The van der Waals surface area contributed by atoms with Gasteiger partial charge in [0.15, 0.2) is 0 Å². The molecule has 0 aromatic carbocycles. The maximum Gasteiger partial charge on any atom is 0.223 e. The van der Waals surface area contributed by atoms with Gasteiger partial charge >= 0.3 is 0 Å². The van der Waals surface area contributed by atoms with Crippen molar-refractivity contribution in [3.8, 4) is 0 Å². The van der Waals surface area contributed by atoms with E-state index in [0.29, 0.717) is 12.0 Å². The SMILES string of the molecule is CCC1CCNCC1NC(=O)C(C)C(C)(C)C. The van der Waals surface area contributed by atoms with Crippen molar-refractivity contribution in [2.45, 2.75) is 53.5 Å². The van der Waals surface area contributed by atoms with Gasteiger partial charge in [0.25, 0.3) is 0 Å². The summed E-state index contributed by atoms with van der Waals surface area (Å²) in [6.07, 6.45) is 2.32. The third-order valence-electron chi connectivity index (χ3n) is 4.17. The molecule has 1 heterocycles. The van der Waals surface area contributed by atoms with Crippen LogP contribution >= 0.6 is 0 Å². The Morgan fingerprint density at radius 3 is 2.65 bits per heavy atom. The molecule has 3 atom stereocenters. The van der Waals surface area contributed by atoms with Crippen molar-refractivity contribution in [1.82, 2.24) is 10.6 Å². The largest absolute Gasteiger partial charge is 0.352 e. The van der Waals surface area contributed by atoms with Crippen LogP contribution < -0.4 is 10.6 Å². The Balaban J connectivity index is 2.55. The lowest BCUT2D eigenvalue weighted by Crippen LogP contribution is -2.53. The summed E-state index contributed by atoms with van der Waals surface area (Å²) in [5.41, 5.74) is 0.0356. The van der Waals surface area contributed by atoms with Gasteiger partial charge < -0.3 is 10.6 Å². The van der Waals surface area contributed by atoms with Gasteiger partial charge in [0, 0.05) is 18.5 Å². The zero-order valence-electron chi connectivity index (χ0n) is 12.0. The molecule has 0 saturated carbocycles. The predicted octanol–water partition coefficient (Wildman–Crippen LogP) is 2.17. The molecular formula is C14H28N2O. The van der Waals surface area contributed by atoms with E-state index >= 15 is 0 Å². The topological polar surface area (TPSA) is 41.1 Å². The molecule has 100 valence electrons. The Labute approximate surface area is 106 Å². The molecule has 1 aliphatic rings. The second-order valence-electron chi connectivity index (χ2n) is 6.36. The van der Waals surface area contributed by atoms with Crippen molar-refractivity contribution in [3.05, 3.63) is 0 Å². The minimum Gasteiger partial charge on any atom is -0.352 e. The smallest absolute Gasteiger partial charge is 0.223 e. The molecule has 2 N–H and O–H groups in total. The maximum atomic E-state index is 12.2.